The summed E-state index contributed by atoms with van der Waals surface area (Å²) in [5.74, 6) is 0. The lowest BCUT2D eigenvalue weighted by Gasteiger charge is -2.16. The molecule has 0 radical (unpaired) electrons. The van der Waals surface area contributed by atoms with Crippen LogP contribution in [0.2, 0.25) is 0 Å². The molecule has 0 saturated heterocycles. The number of hydrogen-bond acceptors (Lipinski definition) is 3. The van der Waals surface area contributed by atoms with E-state index in [4.69, 9.17) is 0 Å². The van der Waals surface area contributed by atoms with Gasteiger partial charge in [-0.05, 0) is 22.0 Å². The normalized spacial score (nSPS) is 12.4. The molecular weight excluding hydrogens is 306 g/mol. The van der Waals surface area contributed by atoms with Crippen LogP contribution in [0.5, 0.6) is 0 Å². The fourth-order valence-corrected chi connectivity index (χ4v) is 2.66. The highest BCUT2D eigenvalue weighted by Gasteiger charge is 2.23. The van der Waals surface area contributed by atoms with Crippen molar-refractivity contribution in [2.24, 2.45) is 0 Å². The zero-order valence-corrected chi connectivity index (χ0v) is 10.7. The summed E-state index contributed by atoms with van der Waals surface area (Å²) >= 11 is 3.06. The highest BCUT2D eigenvalue weighted by molar-refractivity contribution is 9.10. The Morgan fingerprint density at radius 3 is 2.62 bits per heavy atom. The molecule has 8 heteroatoms. The van der Waals surface area contributed by atoms with Crippen LogP contribution in [0.25, 0.3) is 0 Å². The van der Waals surface area contributed by atoms with Crippen LogP contribution in [-0.4, -0.2) is 37.7 Å². The molecule has 0 fully saturated rings. The van der Waals surface area contributed by atoms with E-state index in [1.807, 2.05) is 0 Å². The Morgan fingerprint density at radius 2 is 2.12 bits per heavy atom. The van der Waals surface area contributed by atoms with E-state index in [0.29, 0.717) is 8.78 Å². The fraction of sp³-hybridized carbons (Fsp3) is 0.375. The van der Waals surface area contributed by atoms with E-state index in [9.17, 15) is 17.2 Å². The first-order valence-corrected chi connectivity index (χ1v) is 6.42. The number of pyridine rings is 1. The van der Waals surface area contributed by atoms with Gasteiger partial charge in [0.15, 0.2) is 0 Å². The molecule has 0 saturated carbocycles. The molecule has 0 aliphatic heterocycles. The zero-order valence-electron chi connectivity index (χ0n) is 8.27. The van der Waals surface area contributed by atoms with E-state index < -0.39 is 23.0 Å². The Morgan fingerprint density at radius 1 is 1.50 bits per heavy atom. The van der Waals surface area contributed by atoms with Crippen LogP contribution in [0, 0.1) is 0 Å². The van der Waals surface area contributed by atoms with Crippen LogP contribution in [0.3, 0.4) is 0 Å². The van der Waals surface area contributed by atoms with Gasteiger partial charge in [0, 0.05) is 23.9 Å². The second-order valence-corrected chi connectivity index (χ2v) is 5.98. The SMILES string of the molecule is CN(CC(F)F)S(=O)(=O)c1cncc(Br)c1. The van der Waals surface area contributed by atoms with Crippen LogP contribution in [0.1, 0.15) is 0 Å². The largest absolute Gasteiger partial charge is 0.262 e. The molecular formula is C8H9BrF2N2O2S. The number of alkyl halides is 2. The Bertz CT molecular complexity index is 467. The fourth-order valence-electron chi connectivity index (χ4n) is 1.01. The minimum Gasteiger partial charge on any atom is -0.262 e. The van der Waals surface area contributed by atoms with Crippen molar-refractivity contribution < 1.29 is 17.2 Å². The molecule has 0 aromatic carbocycles. The molecule has 0 aliphatic carbocycles. The van der Waals surface area contributed by atoms with Crippen LogP contribution in [0.4, 0.5) is 8.78 Å². The highest BCUT2D eigenvalue weighted by Crippen LogP contribution is 2.18. The Labute approximate surface area is 100 Å². The number of nitrogens with zero attached hydrogens (tertiary/aromatic N) is 2. The number of rotatable bonds is 4. The lowest BCUT2D eigenvalue weighted by Crippen LogP contribution is -2.31. The van der Waals surface area contributed by atoms with Gasteiger partial charge in [0.2, 0.25) is 10.0 Å². The molecule has 1 aromatic rings. The summed E-state index contributed by atoms with van der Waals surface area (Å²) in [6, 6.07) is 1.31. The third-order valence-corrected chi connectivity index (χ3v) is 4.01. The van der Waals surface area contributed by atoms with Crippen LogP contribution in [0.15, 0.2) is 27.8 Å². The summed E-state index contributed by atoms with van der Waals surface area (Å²) in [5, 5.41) is 0. The van der Waals surface area contributed by atoms with Gasteiger partial charge in [-0.25, -0.2) is 17.2 Å². The minimum absolute atomic E-state index is 0.120. The first-order valence-electron chi connectivity index (χ1n) is 4.19. The van der Waals surface area contributed by atoms with Crippen molar-refractivity contribution in [3.63, 3.8) is 0 Å². The van der Waals surface area contributed by atoms with Crippen LogP contribution >= 0.6 is 15.9 Å². The first kappa shape index (κ1) is 13.5. The summed E-state index contributed by atoms with van der Waals surface area (Å²) < 4.78 is 48.7. The molecule has 4 nitrogen and oxygen atoms in total. The van der Waals surface area contributed by atoms with E-state index >= 15 is 0 Å². The Hall–Kier alpha value is -0.600. The quantitative estimate of drug-likeness (QED) is 0.850. The van der Waals surface area contributed by atoms with Crippen molar-refractivity contribution in [3.05, 3.63) is 22.9 Å². The summed E-state index contributed by atoms with van der Waals surface area (Å²) in [4.78, 5) is 3.55. The average Bonchev–Trinajstić information content (AvgIpc) is 2.16. The van der Waals surface area contributed by atoms with Gasteiger partial charge in [0.25, 0.3) is 6.43 Å². The number of aromatic nitrogens is 1. The maximum atomic E-state index is 12.1. The second-order valence-electron chi connectivity index (χ2n) is 3.02. The van der Waals surface area contributed by atoms with Crippen LogP contribution < -0.4 is 0 Å². The maximum Gasteiger partial charge on any atom is 0.252 e. The van der Waals surface area contributed by atoms with Crippen molar-refractivity contribution in [1.29, 1.82) is 0 Å². The van der Waals surface area contributed by atoms with Crippen molar-refractivity contribution in [2.75, 3.05) is 13.6 Å². The van der Waals surface area contributed by atoms with E-state index in [2.05, 4.69) is 20.9 Å². The smallest absolute Gasteiger partial charge is 0.252 e. The number of sulfonamides is 1. The molecule has 0 bridgehead atoms. The number of hydrogen-bond donors (Lipinski definition) is 0. The molecule has 0 spiro atoms. The maximum absolute atomic E-state index is 12.1. The lowest BCUT2D eigenvalue weighted by molar-refractivity contribution is 0.126. The van der Waals surface area contributed by atoms with E-state index in [0.717, 1.165) is 13.2 Å². The van der Waals surface area contributed by atoms with Gasteiger partial charge in [-0.15, -0.1) is 0 Å². The minimum atomic E-state index is -3.90. The molecule has 0 unspecified atom stereocenters. The first-order chi connectivity index (χ1) is 7.34. The van der Waals surface area contributed by atoms with Gasteiger partial charge in [0.1, 0.15) is 4.90 Å². The average molecular weight is 315 g/mol. The molecule has 0 atom stereocenters. The standard InChI is InChI=1S/C8H9BrF2N2O2S/c1-13(5-8(10)11)16(14,15)7-2-6(9)3-12-4-7/h2-4,8H,5H2,1H3. The van der Waals surface area contributed by atoms with Gasteiger partial charge < -0.3 is 0 Å². The van der Waals surface area contributed by atoms with Gasteiger partial charge in [-0.3, -0.25) is 4.98 Å². The predicted octanol–water partition coefficient (Wildman–Crippen LogP) is 1.73. The van der Waals surface area contributed by atoms with Crippen LogP contribution in [-0.2, 0) is 10.0 Å². The Balaban J connectivity index is 3.02. The van der Waals surface area contributed by atoms with Crippen molar-refractivity contribution in [1.82, 2.24) is 9.29 Å². The summed E-state index contributed by atoms with van der Waals surface area (Å²) in [6.45, 7) is -0.838. The molecule has 0 N–H and O–H groups in total. The molecule has 1 rings (SSSR count). The summed E-state index contributed by atoms with van der Waals surface area (Å²) in [6.07, 6.45) is -0.186. The van der Waals surface area contributed by atoms with Crippen molar-refractivity contribution >= 4 is 26.0 Å². The van der Waals surface area contributed by atoms with Gasteiger partial charge in [0.05, 0.1) is 6.54 Å². The molecule has 1 heterocycles. The molecule has 0 aliphatic rings. The van der Waals surface area contributed by atoms with Gasteiger partial charge >= 0.3 is 0 Å². The highest BCUT2D eigenvalue weighted by atomic mass is 79.9. The van der Waals surface area contributed by atoms with Crippen molar-refractivity contribution in [3.8, 4) is 0 Å². The van der Waals surface area contributed by atoms with Gasteiger partial charge in [-0.1, -0.05) is 0 Å². The third kappa shape index (κ3) is 3.19. The topological polar surface area (TPSA) is 50.3 Å². The van der Waals surface area contributed by atoms with Crippen molar-refractivity contribution in [2.45, 2.75) is 11.3 Å². The number of halogens is 3. The predicted molar refractivity (Wildman–Crippen MR) is 57.8 cm³/mol. The monoisotopic (exact) mass is 314 g/mol. The van der Waals surface area contributed by atoms with E-state index in [-0.39, 0.29) is 4.90 Å². The molecule has 90 valence electrons. The molecule has 16 heavy (non-hydrogen) atoms. The Kier molecular flexibility index (Phi) is 4.34. The molecule has 1 aromatic heterocycles. The lowest BCUT2D eigenvalue weighted by atomic mass is 10.5. The summed E-state index contributed by atoms with van der Waals surface area (Å²) in [5.41, 5.74) is 0. The summed E-state index contributed by atoms with van der Waals surface area (Å²) in [7, 11) is -2.80. The van der Waals surface area contributed by atoms with E-state index in [1.54, 1.807) is 0 Å². The van der Waals surface area contributed by atoms with Gasteiger partial charge in [-0.2, -0.15) is 4.31 Å². The third-order valence-electron chi connectivity index (χ3n) is 1.78. The second kappa shape index (κ2) is 5.15. The molecule has 0 amide bonds. The van der Waals surface area contributed by atoms with E-state index in [1.165, 1.54) is 12.3 Å². The zero-order chi connectivity index (χ0) is 12.3.